The standard InChI is InChI=1S/C22H17F2N3O3S/c1-14-13-16(11-12-18(14)23)31(28,29)27-20(17-9-5-6-10-19(17)24)22-26-25-21(30-22)15-7-3-2-4-8-15/h2-13,20,27H,1H3/t20-/m1/s1. The van der Waals surface area contributed by atoms with Gasteiger partial charge in [-0.15, -0.1) is 10.2 Å². The smallest absolute Gasteiger partial charge is 0.247 e. The summed E-state index contributed by atoms with van der Waals surface area (Å²) >= 11 is 0. The fourth-order valence-electron chi connectivity index (χ4n) is 3.01. The second-order valence-electron chi connectivity index (χ2n) is 6.80. The van der Waals surface area contributed by atoms with Gasteiger partial charge < -0.3 is 4.42 Å². The van der Waals surface area contributed by atoms with Gasteiger partial charge >= 0.3 is 0 Å². The van der Waals surface area contributed by atoms with Crippen LogP contribution < -0.4 is 4.72 Å². The number of benzene rings is 3. The minimum absolute atomic E-state index is 0.00757. The SMILES string of the molecule is Cc1cc(S(=O)(=O)N[C@@H](c2nnc(-c3ccccc3)o2)c2ccccc2F)ccc1F. The minimum atomic E-state index is -4.18. The summed E-state index contributed by atoms with van der Waals surface area (Å²) in [6.07, 6.45) is 0. The van der Waals surface area contributed by atoms with E-state index in [4.69, 9.17) is 4.42 Å². The van der Waals surface area contributed by atoms with E-state index in [-0.39, 0.29) is 27.8 Å². The van der Waals surface area contributed by atoms with Crippen molar-refractivity contribution in [3.8, 4) is 11.5 Å². The molecule has 0 radical (unpaired) electrons. The van der Waals surface area contributed by atoms with Gasteiger partial charge in [-0.05, 0) is 48.9 Å². The molecular weight excluding hydrogens is 424 g/mol. The van der Waals surface area contributed by atoms with Crippen molar-refractivity contribution in [2.75, 3.05) is 0 Å². The van der Waals surface area contributed by atoms with Crippen LogP contribution in [0.3, 0.4) is 0 Å². The fourth-order valence-corrected chi connectivity index (χ4v) is 4.27. The predicted molar refractivity (Wildman–Crippen MR) is 109 cm³/mol. The molecule has 0 aliphatic heterocycles. The lowest BCUT2D eigenvalue weighted by atomic mass is 10.1. The van der Waals surface area contributed by atoms with Crippen molar-refractivity contribution in [2.45, 2.75) is 17.9 Å². The quantitative estimate of drug-likeness (QED) is 0.480. The highest BCUT2D eigenvalue weighted by Gasteiger charge is 2.29. The van der Waals surface area contributed by atoms with Crippen LogP contribution >= 0.6 is 0 Å². The molecule has 6 nitrogen and oxygen atoms in total. The van der Waals surface area contributed by atoms with Crippen LogP contribution in [0.1, 0.15) is 23.1 Å². The Balaban J connectivity index is 1.76. The van der Waals surface area contributed by atoms with Gasteiger partial charge in [0.2, 0.25) is 21.8 Å². The minimum Gasteiger partial charge on any atom is -0.419 e. The number of hydrogen-bond acceptors (Lipinski definition) is 5. The third kappa shape index (κ3) is 4.37. The summed E-state index contributed by atoms with van der Waals surface area (Å²) in [5.74, 6) is -1.15. The number of sulfonamides is 1. The van der Waals surface area contributed by atoms with E-state index < -0.39 is 27.7 Å². The Hall–Kier alpha value is -3.43. The summed E-state index contributed by atoms with van der Waals surface area (Å²) < 4.78 is 62.3. The van der Waals surface area contributed by atoms with Crippen LogP contribution in [0.5, 0.6) is 0 Å². The van der Waals surface area contributed by atoms with Crippen molar-refractivity contribution >= 4 is 10.0 Å². The molecule has 0 saturated carbocycles. The molecule has 0 saturated heterocycles. The Morgan fingerprint density at radius 3 is 2.32 bits per heavy atom. The van der Waals surface area contributed by atoms with E-state index >= 15 is 0 Å². The summed E-state index contributed by atoms with van der Waals surface area (Å²) in [6, 6.07) is 16.7. The van der Waals surface area contributed by atoms with Gasteiger partial charge in [-0.25, -0.2) is 17.2 Å². The zero-order valence-corrected chi connectivity index (χ0v) is 17.1. The molecule has 1 N–H and O–H groups in total. The normalized spacial score (nSPS) is 12.6. The first-order chi connectivity index (χ1) is 14.8. The number of aryl methyl sites for hydroxylation is 1. The number of rotatable bonds is 6. The van der Waals surface area contributed by atoms with Crippen LogP contribution in [-0.2, 0) is 10.0 Å². The molecule has 158 valence electrons. The Morgan fingerprint density at radius 2 is 1.61 bits per heavy atom. The van der Waals surface area contributed by atoms with Gasteiger partial charge in [0.1, 0.15) is 17.7 Å². The number of aromatic nitrogens is 2. The monoisotopic (exact) mass is 441 g/mol. The largest absolute Gasteiger partial charge is 0.419 e. The molecule has 1 heterocycles. The van der Waals surface area contributed by atoms with Gasteiger partial charge in [0.15, 0.2) is 0 Å². The van der Waals surface area contributed by atoms with E-state index in [0.717, 1.165) is 12.1 Å². The lowest BCUT2D eigenvalue weighted by Gasteiger charge is -2.17. The topological polar surface area (TPSA) is 85.1 Å². The molecule has 4 aromatic rings. The van der Waals surface area contributed by atoms with Crippen molar-refractivity contribution in [1.82, 2.24) is 14.9 Å². The van der Waals surface area contributed by atoms with E-state index in [9.17, 15) is 17.2 Å². The van der Waals surface area contributed by atoms with E-state index in [1.165, 1.54) is 31.2 Å². The molecule has 3 aromatic carbocycles. The van der Waals surface area contributed by atoms with Crippen molar-refractivity contribution < 1.29 is 21.6 Å². The van der Waals surface area contributed by atoms with Crippen LogP contribution in [0.25, 0.3) is 11.5 Å². The van der Waals surface area contributed by atoms with Crippen LogP contribution in [0, 0.1) is 18.6 Å². The molecule has 4 rings (SSSR count). The highest BCUT2D eigenvalue weighted by molar-refractivity contribution is 7.89. The highest BCUT2D eigenvalue weighted by atomic mass is 32.2. The number of hydrogen-bond donors (Lipinski definition) is 1. The first-order valence-electron chi connectivity index (χ1n) is 9.27. The molecule has 0 unspecified atom stereocenters. The number of nitrogens with one attached hydrogen (secondary N) is 1. The zero-order valence-electron chi connectivity index (χ0n) is 16.3. The first kappa shape index (κ1) is 20.8. The van der Waals surface area contributed by atoms with Crippen LogP contribution in [-0.4, -0.2) is 18.6 Å². The van der Waals surface area contributed by atoms with E-state index in [0.29, 0.717) is 5.56 Å². The Morgan fingerprint density at radius 1 is 0.903 bits per heavy atom. The Kier molecular flexibility index (Phi) is 5.62. The van der Waals surface area contributed by atoms with Gasteiger partial charge in [0.25, 0.3) is 0 Å². The highest BCUT2D eigenvalue weighted by Crippen LogP contribution is 2.28. The maximum Gasteiger partial charge on any atom is 0.247 e. The molecule has 0 spiro atoms. The first-order valence-corrected chi connectivity index (χ1v) is 10.8. The van der Waals surface area contributed by atoms with Gasteiger partial charge in [-0.3, -0.25) is 0 Å². The van der Waals surface area contributed by atoms with Crippen LogP contribution in [0.15, 0.2) is 82.1 Å². The maximum atomic E-state index is 14.6. The van der Waals surface area contributed by atoms with Crippen molar-refractivity contribution in [1.29, 1.82) is 0 Å². The molecule has 0 amide bonds. The molecule has 1 atom stereocenters. The molecule has 31 heavy (non-hydrogen) atoms. The molecule has 1 aromatic heterocycles. The van der Waals surface area contributed by atoms with Gasteiger partial charge in [-0.1, -0.05) is 36.4 Å². The van der Waals surface area contributed by atoms with Gasteiger partial charge in [0, 0.05) is 11.1 Å². The lowest BCUT2D eigenvalue weighted by Crippen LogP contribution is -2.30. The Labute approximate surface area is 177 Å². The zero-order chi connectivity index (χ0) is 22.0. The van der Waals surface area contributed by atoms with Crippen LogP contribution in [0.2, 0.25) is 0 Å². The Bertz CT molecular complexity index is 1320. The summed E-state index contributed by atoms with van der Waals surface area (Å²) in [5.41, 5.74) is 0.799. The maximum absolute atomic E-state index is 14.6. The number of nitrogens with zero attached hydrogens (tertiary/aromatic N) is 2. The lowest BCUT2D eigenvalue weighted by molar-refractivity contribution is 0.455. The van der Waals surface area contributed by atoms with Crippen molar-refractivity contribution in [2.24, 2.45) is 0 Å². The molecule has 0 aliphatic carbocycles. The van der Waals surface area contributed by atoms with E-state index in [2.05, 4.69) is 14.9 Å². The van der Waals surface area contributed by atoms with Crippen LogP contribution in [0.4, 0.5) is 8.78 Å². The molecular formula is C22H17F2N3O3S. The molecule has 0 fully saturated rings. The summed E-state index contributed by atoms with van der Waals surface area (Å²) in [6.45, 7) is 1.45. The third-order valence-electron chi connectivity index (χ3n) is 4.64. The van der Waals surface area contributed by atoms with Crippen molar-refractivity contribution in [3.05, 3.63) is 101 Å². The van der Waals surface area contributed by atoms with Crippen molar-refractivity contribution in [3.63, 3.8) is 0 Å². The summed E-state index contributed by atoms with van der Waals surface area (Å²) in [5, 5.41) is 7.92. The number of halogens is 2. The second kappa shape index (κ2) is 8.37. The summed E-state index contributed by atoms with van der Waals surface area (Å²) in [7, 11) is -4.18. The average molecular weight is 441 g/mol. The second-order valence-corrected chi connectivity index (χ2v) is 8.51. The molecule has 0 aliphatic rings. The molecule has 9 heteroatoms. The third-order valence-corrected chi connectivity index (χ3v) is 6.06. The fraction of sp³-hybridized carbons (Fsp3) is 0.0909. The van der Waals surface area contributed by atoms with E-state index in [1.807, 2.05) is 6.07 Å². The summed E-state index contributed by atoms with van der Waals surface area (Å²) in [4.78, 5) is -0.171. The van der Waals surface area contributed by atoms with E-state index in [1.54, 1.807) is 30.3 Å². The molecule has 0 bridgehead atoms. The average Bonchev–Trinajstić information content (AvgIpc) is 3.25. The van der Waals surface area contributed by atoms with Gasteiger partial charge in [0.05, 0.1) is 4.90 Å². The van der Waals surface area contributed by atoms with Gasteiger partial charge in [-0.2, -0.15) is 4.72 Å². The predicted octanol–water partition coefficient (Wildman–Crippen LogP) is 4.39.